The Morgan fingerprint density at radius 2 is 1.09 bits per heavy atom. The van der Waals surface area contributed by atoms with Gasteiger partial charge in [0.1, 0.15) is 53.3 Å². The van der Waals surface area contributed by atoms with Crippen molar-refractivity contribution in [3.63, 3.8) is 0 Å². The van der Waals surface area contributed by atoms with Crippen molar-refractivity contribution in [1.29, 1.82) is 0 Å². The molecule has 6 aromatic carbocycles. The molecule has 2 heterocycles. The van der Waals surface area contributed by atoms with Gasteiger partial charge in [0.25, 0.3) is 0 Å². The number of halogens is 3. The van der Waals surface area contributed by atoms with E-state index < -0.39 is 167 Å². The van der Waals surface area contributed by atoms with Gasteiger partial charge in [0.05, 0.1) is 84.7 Å². The summed E-state index contributed by atoms with van der Waals surface area (Å²) in [5.41, 5.74) is 5.77. The molecule has 22 nitrogen and oxygen atoms in total. The number of hydrogen-bond donors (Lipinski definition) is 7. The second-order valence-electron chi connectivity index (χ2n) is 25.4. The fourth-order valence-electron chi connectivity index (χ4n) is 14.3. The number of rotatable bonds is 17. The fourth-order valence-corrected chi connectivity index (χ4v) is 14.3. The van der Waals surface area contributed by atoms with Crippen LogP contribution >= 0.6 is 0 Å². The number of hydrogen-bond acceptors (Lipinski definition) is 21. The Kier molecular flexibility index (Phi) is 20.2. The molecule has 25 heteroatoms. The van der Waals surface area contributed by atoms with Crippen molar-refractivity contribution in [2.24, 2.45) is 23.5 Å². The molecule has 2 saturated heterocycles. The zero-order chi connectivity index (χ0) is 70.6. The molecular weight excluding hydrogens is 1280 g/mol. The molecule has 12 atom stereocenters. The van der Waals surface area contributed by atoms with Gasteiger partial charge < -0.3 is 74.5 Å². The second kappa shape index (κ2) is 28.1. The van der Waals surface area contributed by atoms with Crippen molar-refractivity contribution >= 4 is 40.6 Å². The van der Waals surface area contributed by atoms with E-state index in [2.05, 4.69) is 0 Å². The lowest BCUT2D eigenvalue weighted by Crippen LogP contribution is -2.53. The Balaban J connectivity index is 0.000000212. The van der Waals surface area contributed by atoms with Gasteiger partial charge >= 0.3 is 12.1 Å². The van der Waals surface area contributed by atoms with E-state index in [1.54, 1.807) is 39.8 Å². The van der Waals surface area contributed by atoms with Crippen LogP contribution in [0.5, 0.6) is 34.5 Å². The summed E-state index contributed by atoms with van der Waals surface area (Å²) in [6, 6.07) is 26.0. The third kappa shape index (κ3) is 12.9. The molecular formula is C73H75F3N2O20. The van der Waals surface area contributed by atoms with Crippen molar-refractivity contribution in [2.75, 3.05) is 34.0 Å². The Morgan fingerprint density at radius 3 is 1.60 bits per heavy atom. The van der Waals surface area contributed by atoms with Gasteiger partial charge in [0.2, 0.25) is 11.6 Å². The van der Waals surface area contributed by atoms with Crippen LogP contribution in [0, 0.1) is 17.8 Å². The maximum atomic E-state index is 14.3. The standard InChI is InChI=1S/C44H42F3NO10.C29H33NO10/c1-22-23(2)57-33(20-29(22)48-42(54)44(45,46)47)58-32-19-24(30(49)21-56-43(3,25-12-7-5-8-13-25)26-14-9-6-10-15-26)18-28-35(32)41(53)37-36(39(28)51)38(50)27-16-11-17-31(55-4)34(27)40(37)52;1-4-38-29-15-8-13(17(32)11-31)9-19(40-20-10-16(30)25(33)12(2)39-20)22(15)28(36)23-24(29)26(34)14-6-5-7-18(37-3)21(14)27(23)35/h5-17,22-24,29,32-33,51,53H,18-21H2,1-4H3,(H,48,54);5-7,12-13,16,19-20,25,31,33,36H,4,8-11,30H2,1-3H3/t22-,23+,24-,29+,32+,33+;12-,13+,16-,19-,20-,25+/m10/s1. The Hall–Kier alpha value is -8.92. The number of ketones is 6. The molecule has 0 unspecified atom stereocenters. The number of nitrogens with one attached hydrogen (secondary N) is 1. The molecule has 98 heavy (non-hydrogen) atoms. The predicted octanol–water partition coefficient (Wildman–Crippen LogP) is 8.45. The Bertz CT molecular complexity index is 4090. The summed E-state index contributed by atoms with van der Waals surface area (Å²) in [4.78, 5) is 94.9. The van der Waals surface area contributed by atoms with Crippen molar-refractivity contribution in [3.05, 3.63) is 175 Å². The van der Waals surface area contributed by atoms with Crippen LogP contribution in [0.1, 0.15) is 170 Å². The van der Waals surface area contributed by atoms with Crippen molar-refractivity contribution in [3.8, 4) is 34.5 Å². The maximum absolute atomic E-state index is 14.3. The minimum atomic E-state index is -5.14. The number of aromatic hydroxyl groups is 3. The van der Waals surface area contributed by atoms with E-state index in [1.807, 2.05) is 72.9 Å². The van der Waals surface area contributed by atoms with Crippen LogP contribution in [0.3, 0.4) is 0 Å². The largest absolute Gasteiger partial charge is 0.507 e. The molecule has 1 amide bonds. The van der Waals surface area contributed by atoms with Crippen LogP contribution in [0.4, 0.5) is 13.2 Å². The van der Waals surface area contributed by atoms with Crippen LogP contribution < -0.4 is 25.3 Å². The summed E-state index contributed by atoms with van der Waals surface area (Å²) >= 11 is 0. The number of carbonyl (C=O) groups excluding carboxylic acids is 7. The van der Waals surface area contributed by atoms with Crippen molar-refractivity contribution in [2.45, 2.75) is 140 Å². The number of amides is 1. The number of Topliss-reactive ketones (excluding diaryl/α,β-unsaturated/α-hetero) is 2. The average Bonchev–Trinajstić information content (AvgIpc) is 0.720. The summed E-state index contributed by atoms with van der Waals surface area (Å²) in [6.45, 7) is 7.47. The molecule has 6 aliphatic rings. The van der Waals surface area contributed by atoms with E-state index in [0.717, 1.165) is 11.1 Å². The highest BCUT2D eigenvalue weighted by Gasteiger charge is 2.50. The van der Waals surface area contributed by atoms with E-state index in [-0.39, 0.29) is 112 Å². The van der Waals surface area contributed by atoms with Crippen LogP contribution in [0.25, 0.3) is 0 Å². The summed E-state index contributed by atoms with van der Waals surface area (Å²) in [5, 5.41) is 57.5. The van der Waals surface area contributed by atoms with Gasteiger partial charge in [-0.25, -0.2) is 0 Å². The number of fused-ring (bicyclic) bond motifs is 6. The molecule has 6 aromatic rings. The first-order chi connectivity index (χ1) is 46.7. The molecule has 518 valence electrons. The molecule has 2 aliphatic heterocycles. The van der Waals surface area contributed by atoms with Crippen LogP contribution in [-0.4, -0.2) is 149 Å². The van der Waals surface area contributed by atoms with Gasteiger partial charge in [-0.3, -0.25) is 33.6 Å². The van der Waals surface area contributed by atoms with E-state index in [1.165, 1.54) is 38.5 Å². The van der Waals surface area contributed by atoms with Gasteiger partial charge in [0.15, 0.2) is 35.7 Å². The number of aliphatic hydroxyl groups is 2. The average molecular weight is 1360 g/mol. The number of phenols is 3. The van der Waals surface area contributed by atoms with Crippen LogP contribution in [-0.2, 0) is 56.5 Å². The van der Waals surface area contributed by atoms with E-state index >= 15 is 0 Å². The number of benzene rings is 6. The van der Waals surface area contributed by atoms with E-state index in [4.69, 9.17) is 43.6 Å². The lowest BCUT2D eigenvalue weighted by atomic mass is 9.73. The molecule has 0 aromatic heterocycles. The molecule has 0 bridgehead atoms. The second-order valence-corrected chi connectivity index (χ2v) is 25.4. The fraction of sp³-hybridized carbons (Fsp3) is 0.411. The van der Waals surface area contributed by atoms with Gasteiger partial charge in [-0.2, -0.15) is 13.2 Å². The number of ether oxygens (including phenoxy) is 8. The number of methoxy groups -OCH3 is 2. The summed E-state index contributed by atoms with van der Waals surface area (Å²) in [6.07, 6.45) is -12.1. The SMILES string of the molecule is CCOc1c2c(c(O)c3c1C(=O)c1cccc(OC)c1C3=O)[C@@H](O[C@H]1C[C@H](N)[C@H](O)[C@H](C)O1)C[C@H](C(=O)CO)C2.COc1cccc2c1C(=O)c1c(O)c3c(c(O)c1C2=O)C[C@@H](C(=O)COC(C)(c1ccccc1)c1ccccc1)C[C@@H]3O[C@H]1C[C@H](NC(=O)C(F)(F)F)[C@H](C)[C@H](C)O1. The third-order valence-corrected chi connectivity index (χ3v) is 19.7. The molecule has 0 spiro atoms. The third-order valence-electron chi connectivity index (χ3n) is 19.7. The first-order valence-corrected chi connectivity index (χ1v) is 32.2. The normalized spacial score (nSPS) is 24.8. The first kappa shape index (κ1) is 70.4. The van der Waals surface area contributed by atoms with E-state index in [0.29, 0.717) is 5.56 Å². The smallest absolute Gasteiger partial charge is 0.471 e. The zero-order valence-corrected chi connectivity index (χ0v) is 54.6. The van der Waals surface area contributed by atoms with Gasteiger partial charge in [-0.05, 0) is 76.6 Å². The van der Waals surface area contributed by atoms with Crippen molar-refractivity contribution in [1.82, 2.24) is 5.32 Å². The number of phenolic OH excluding ortho intramolecular Hbond substituents is 3. The molecule has 2 fully saturated rings. The number of alkyl halides is 3. The van der Waals surface area contributed by atoms with E-state index in [9.17, 15) is 72.3 Å². The zero-order valence-electron chi connectivity index (χ0n) is 54.6. The van der Waals surface area contributed by atoms with Gasteiger partial charge in [0, 0.05) is 76.1 Å². The summed E-state index contributed by atoms with van der Waals surface area (Å²) in [5.74, 6) is -9.28. The first-order valence-electron chi connectivity index (χ1n) is 32.2. The molecule has 0 radical (unpaired) electrons. The van der Waals surface area contributed by atoms with Crippen LogP contribution in [0.15, 0.2) is 97.1 Å². The molecule has 8 N–H and O–H groups in total. The number of aliphatic hydroxyl groups excluding tert-OH is 2. The quantitative estimate of drug-likeness (QED) is 0.0420. The highest BCUT2D eigenvalue weighted by Crippen LogP contribution is 2.55. The van der Waals surface area contributed by atoms with Crippen LogP contribution in [0.2, 0.25) is 0 Å². The Morgan fingerprint density at radius 1 is 0.612 bits per heavy atom. The summed E-state index contributed by atoms with van der Waals surface area (Å²) in [7, 11) is 2.70. The summed E-state index contributed by atoms with van der Waals surface area (Å²) < 4.78 is 87.6. The Labute approximate surface area is 561 Å². The minimum absolute atomic E-state index is 0.0219. The molecule has 4 aliphatic carbocycles. The minimum Gasteiger partial charge on any atom is -0.507 e. The number of carbonyl (C=O) groups is 7. The number of nitrogens with two attached hydrogens (primary N) is 1. The predicted molar refractivity (Wildman–Crippen MR) is 341 cm³/mol. The highest BCUT2D eigenvalue weighted by molar-refractivity contribution is 6.32. The highest BCUT2D eigenvalue weighted by atomic mass is 19.4. The lowest BCUT2D eigenvalue weighted by molar-refractivity contribution is -0.243. The van der Waals surface area contributed by atoms with Crippen molar-refractivity contribution < 1.29 is 110 Å². The van der Waals surface area contributed by atoms with Gasteiger partial charge in [-0.15, -0.1) is 0 Å². The molecule has 0 saturated carbocycles. The monoisotopic (exact) mass is 1360 g/mol. The topological polar surface area (TPSA) is 333 Å². The molecule has 12 rings (SSSR count). The van der Waals surface area contributed by atoms with Gasteiger partial charge in [-0.1, -0.05) is 91.9 Å². The lowest BCUT2D eigenvalue weighted by Gasteiger charge is -2.42. The maximum Gasteiger partial charge on any atom is 0.471 e.